The van der Waals surface area contributed by atoms with E-state index in [9.17, 15) is 0 Å². The molecule has 2 rings (SSSR count). The summed E-state index contributed by atoms with van der Waals surface area (Å²) in [6.07, 6.45) is 8.41. The van der Waals surface area contributed by atoms with Crippen LogP contribution in [0, 0.1) is 6.92 Å². The summed E-state index contributed by atoms with van der Waals surface area (Å²) < 4.78 is 0. The van der Waals surface area contributed by atoms with E-state index in [0.717, 1.165) is 30.0 Å². The summed E-state index contributed by atoms with van der Waals surface area (Å²) in [5, 5.41) is 4.14. The zero-order valence-electron chi connectivity index (χ0n) is 11.3. The monoisotopic (exact) mass is 267 g/mol. The molecule has 0 saturated heterocycles. The van der Waals surface area contributed by atoms with Gasteiger partial charge in [0.1, 0.15) is 16.8 Å². The summed E-state index contributed by atoms with van der Waals surface area (Å²) in [5.74, 6) is 1.79. The van der Waals surface area contributed by atoms with Gasteiger partial charge < -0.3 is 5.32 Å². The zero-order valence-corrected chi connectivity index (χ0v) is 12.1. The smallest absolute Gasteiger partial charge is 0.137 e. The van der Waals surface area contributed by atoms with Crippen LogP contribution in [0.2, 0.25) is 5.15 Å². The maximum Gasteiger partial charge on any atom is 0.137 e. The number of anilines is 1. The fourth-order valence-corrected chi connectivity index (χ4v) is 2.64. The van der Waals surface area contributed by atoms with Crippen molar-refractivity contribution in [3.63, 3.8) is 0 Å². The van der Waals surface area contributed by atoms with Crippen LogP contribution in [0.4, 0.5) is 5.82 Å². The molecule has 1 N–H and O–H groups in total. The lowest BCUT2D eigenvalue weighted by atomic mass is 9.95. The van der Waals surface area contributed by atoms with E-state index >= 15 is 0 Å². The van der Waals surface area contributed by atoms with Gasteiger partial charge in [0.05, 0.1) is 0 Å². The molecule has 100 valence electrons. The summed E-state index contributed by atoms with van der Waals surface area (Å²) in [5.41, 5.74) is 0.974. The van der Waals surface area contributed by atoms with E-state index in [4.69, 9.17) is 11.6 Å². The minimum absolute atomic E-state index is 0.554. The van der Waals surface area contributed by atoms with E-state index in [1.54, 1.807) is 0 Å². The van der Waals surface area contributed by atoms with Crippen LogP contribution >= 0.6 is 11.6 Å². The average Bonchev–Trinajstić information content (AvgIpc) is 2.37. The molecule has 4 heteroatoms. The van der Waals surface area contributed by atoms with Gasteiger partial charge >= 0.3 is 0 Å². The Hall–Kier alpha value is -0.830. The van der Waals surface area contributed by atoms with E-state index < -0.39 is 0 Å². The van der Waals surface area contributed by atoms with E-state index in [1.165, 1.54) is 32.1 Å². The number of hydrogen-bond donors (Lipinski definition) is 1. The molecule has 1 aliphatic rings. The lowest BCUT2D eigenvalue weighted by Crippen LogP contribution is -2.23. The third-order valence-corrected chi connectivity index (χ3v) is 3.92. The van der Waals surface area contributed by atoms with Gasteiger partial charge in [-0.1, -0.05) is 37.8 Å². The van der Waals surface area contributed by atoms with Crippen molar-refractivity contribution in [3.05, 3.63) is 16.5 Å². The maximum absolute atomic E-state index is 6.18. The standard InChI is InChI=1S/C14H22ClN3/c1-3-7-12-17-13(15)10(2)14(18-12)16-11-8-5-4-6-9-11/h11H,3-9H2,1-2H3,(H,16,17,18). The average molecular weight is 268 g/mol. The molecule has 1 heterocycles. The molecular formula is C14H22ClN3. The highest BCUT2D eigenvalue weighted by Crippen LogP contribution is 2.25. The second-order valence-corrected chi connectivity index (χ2v) is 5.49. The highest BCUT2D eigenvalue weighted by atomic mass is 35.5. The van der Waals surface area contributed by atoms with Crippen molar-refractivity contribution in [3.8, 4) is 0 Å². The normalized spacial score (nSPS) is 16.8. The SMILES string of the molecule is CCCc1nc(Cl)c(C)c(NC2CCCCC2)n1. The van der Waals surface area contributed by atoms with Crippen LogP contribution in [-0.4, -0.2) is 16.0 Å². The van der Waals surface area contributed by atoms with Gasteiger partial charge in [-0.2, -0.15) is 0 Å². The Balaban J connectivity index is 2.14. The first-order chi connectivity index (χ1) is 8.70. The Labute approximate surface area is 114 Å². The number of aryl methyl sites for hydroxylation is 1. The second-order valence-electron chi connectivity index (χ2n) is 5.13. The van der Waals surface area contributed by atoms with Crippen molar-refractivity contribution in [1.29, 1.82) is 0 Å². The quantitative estimate of drug-likeness (QED) is 0.834. The van der Waals surface area contributed by atoms with Gasteiger partial charge in [0.25, 0.3) is 0 Å². The van der Waals surface area contributed by atoms with Crippen molar-refractivity contribution < 1.29 is 0 Å². The zero-order chi connectivity index (χ0) is 13.0. The van der Waals surface area contributed by atoms with Crippen molar-refractivity contribution in [2.45, 2.75) is 64.8 Å². The molecule has 0 aliphatic heterocycles. The van der Waals surface area contributed by atoms with Crippen LogP contribution in [-0.2, 0) is 6.42 Å². The number of halogens is 1. The van der Waals surface area contributed by atoms with Crippen molar-refractivity contribution >= 4 is 17.4 Å². The number of nitrogens with one attached hydrogen (secondary N) is 1. The first-order valence-electron chi connectivity index (χ1n) is 7.00. The van der Waals surface area contributed by atoms with Gasteiger partial charge in [-0.05, 0) is 26.2 Å². The van der Waals surface area contributed by atoms with Crippen LogP contribution in [0.25, 0.3) is 0 Å². The minimum Gasteiger partial charge on any atom is -0.367 e. The van der Waals surface area contributed by atoms with Crippen molar-refractivity contribution in [1.82, 2.24) is 9.97 Å². The topological polar surface area (TPSA) is 37.8 Å². The van der Waals surface area contributed by atoms with Crippen molar-refractivity contribution in [2.75, 3.05) is 5.32 Å². The summed E-state index contributed by atoms with van der Waals surface area (Å²) in [6, 6.07) is 0.554. The summed E-state index contributed by atoms with van der Waals surface area (Å²) in [7, 11) is 0. The van der Waals surface area contributed by atoms with Gasteiger partial charge in [-0.15, -0.1) is 0 Å². The fraction of sp³-hybridized carbons (Fsp3) is 0.714. The Bertz CT molecular complexity index is 400. The summed E-state index contributed by atoms with van der Waals surface area (Å²) >= 11 is 6.18. The van der Waals surface area contributed by atoms with E-state index in [1.807, 2.05) is 6.92 Å². The highest BCUT2D eigenvalue weighted by molar-refractivity contribution is 6.30. The molecule has 18 heavy (non-hydrogen) atoms. The molecule has 1 aliphatic carbocycles. The van der Waals surface area contributed by atoms with Crippen molar-refractivity contribution in [2.24, 2.45) is 0 Å². The van der Waals surface area contributed by atoms with E-state index in [-0.39, 0.29) is 0 Å². The molecule has 1 fully saturated rings. The van der Waals surface area contributed by atoms with Gasteiger partial charge in [0.2, 0.25) is 0 Å². The number of nitrogens with zero attached hydrogens (tertiary/aromatic N) is 2. The Morgan fingerprint density at radius 2 is 1.94 bits per heavy atom. The third-order valence-electron chi connectivity index (χ3n) is 3.55. The molecule has 1 saturated carbocycles. The number of aromatic nitrogens is 2. The molecule has 0 bridgehead atoms. The van der Waals surface area contributed by atoms with Crippen LogP contribution in [0.3, 0.4) is 0 Å². The molecule has 0 unspecified atom stereocenters. The summed E-state index contributed by atoms with van der Waals surface area (Å²) in [4.78, 5) is 8.94. The lowest BCUT2D eigenvalue weighted by Gasteiger charge is -2.24. The lowest BCUT2D eigenvalue weighted by molar-refractivity contribution is 0.461. The predicted octanol–water partition coefficient (Wildman–Crippen LogP) is 4.14. The molecule has 0 amide bonds. The van der Waals surface area contributed by atoms with Crippen LogP contribution in [0.15, 0.2) is 0 Å². The first kappa shape index (κ1) is 13.6. The largest absolute Gasteiger partial charge is 0.367 e. The van der Waals surface area contributed by atoms with Gasteiger partial charge in [0.15, 0.2) is 0 Å². The minimum atomic E-state index is 0.554. The van der Waals surface area contributed by atoms with Crippen LogP contribution in [0.5, 0.6) is 0 Å². The molecule has 0 atom stereocenters. The van der Waals surface area contributed by atoms with Crippen LogP contribution < -0.4 is 5.32 Å². The van der Waals surface area contributed by atoms with Gasteiger partial charge in [-0.3, -0.25) is 0 Å². The van der Waals surface area contributed by atoms with E-state index in [2.05, 4.69) is 22.2 Å². The number of rotatable bonds is 4. The predicted molar refractivity (Wildman–Crippen MR) is 76.3 cm³/mol. The molecule has 0 aromatic carbocycles. The third kappa shape index (κ3) is 3.35. The first-order valence-corrected chi connectivity index (χ1v) is 7.38. The Kier molecular flexibility index (Phi) is 4.81. The van der Waals surface area contributed by atoms with Crippen LogP contribution in [0.1, 0.15) is 56.8 Å². The second kappa shape index (κ2) is 6.37. The van der Waals surface area contributed by atoms with Gasteiger partial charge in [0, 0.05) is 18.0 Å². The Morgan fingerprint density at radius 1 is 1.22 bits per heavy atom. The summed E-state index contributed by atoms with van der Waals surface area (Å²) in [6.45, 7) is 4.12. The number of hydrogen-bond acceptors (Lipinski definition) is 3. The van der Waals surface area contributed by atoms with E-state index in [0.29, 0.717) is 11.2 Å². The fourth-order valence-electron chi connectivity index (χ4n) is 2.45. The molecule has 0 radical (unpaired) electrons. The highest BCUT2D eigenvalue weighted by Gasteiger charge is 2.16. The molecule has 1 aromatic heterocycles. The maximum atomic E-state index is 6.18. The Morgan fingerprint density at radius 3 is 2.61 bits per heavy atom. The molecule has 1 aromatic rings. The molecule has 0 spiro atoms. The molecule has 3 nitrogen and oxygen atoms in total. The molecular weight excluding hydrogens is 246 g/mol. The van der Waals surface area contributed by atoms with Gasteiger partial charge in [-0.25, -0.2) is 9.97 Å².